The summed E-state index contributed by atoms with van der Waals surface area (Å²) in [6.07, 6.45) is 4.10. The highest BCUT2D eigenvalue weighted by molar-refractivity contribution is 4.99. The van der Waals surface area contributed by atoms with Gasteiger partial charge >= 0.3 is 0 Å². The molecule has 0 aromatic carbocycles. The highest BCUT2D eigenvalue weighted by Crippen LogP contribution is 2.10. The molecule has 1 aliphatic heterocycles. The van der Waals surface area contributed by atoms with Crippen molar-refractivity contribution >= 4 is 0 Å². The first-order chi connectivity index (χ1) is 6.47. The molecule has 0 aromatic rings. The zero-order chi connectivity index (χ0) is 10.6. The second-order valence-electron chi connectivity index (χ2n) is 5.32. The van der Waals surface area contributed by atoms with E-state index in [2.05, 4.69) is 37.6 Å². The van der Waals surface area contributed by atoms with Crippen LogP contribution in [0.2, 0.25) is 0 Å². The Kier molecular flexibility index (Phi) is 3.99. The molecule has 0 atom stereocenters. The fourth-order valence-electron chi connectivity index (χ4n) is 1.96. The number of hydrogen-bond acceptors (Lipinski definition) is 2. The summed E-state index contributed by atoms with van der Waals surface area (Å²) in [6, 6.07) is 0. The number of hydrogen-bond donors (Lipinski definition) is 1. The molecule has 0 aromatic heterocycles. The van der Waals surface area contributed by atoms with Crippen LogP contribution < -0.4 is 5.32 Å². The van der Waals surface area contributed by atoms with Gasteiger partial charge in [0, 0.05) is 17.8 Å². The molecule has 1 heterocycles. The summed E-state index contributed by atoms with van der Waals surface area (Å²) in [7, 11) is 0. The van der Waals surface area contributed by atoms with Crippen LogP contribution in [0.1, 0.15) is 40.0 Å². The second kappa shape index (κ2) is 4.83. The molecule has 0 spiro atoms. The minimum absolute atomic E-state index is 0.146. The van der Waals surface area contributed by atoms with Gasteiger partial charge in [0.15, 0.2) is 0 Å². The van der Waals surface area contributed by atoms with Gasteiger partial charge in [-0.3, -0.25) is 4.90 Å². The molecule has 82 valence electrons. The number of nitrogens with zero attached hydrogens (tertiary/aromatic N) is 1. The Morgan fingerprint density at radius 1 is 1.21 bits per heavy atom. The Balaban J connectivity index is 2.25. The molecule has 14 heavy (non-hydrogen) atoms. The maximum absolute atomic E-state index is 4.08. The van der Waals surface area contributed by atoms with Crippen molar-refractivity contribution in [1.29, 1.82) is 0 Å². The molecule has 1 fully saturated rings. The van der Waals surface area contributed by atoms with Crippen molar-refractivity contribution in [3.63, 3.8) is 0 Å². The molecule has 1 N–H and O–H groups in total. The average Bonchev–Trinajstić information content (AvgIpc) is 2.02. The van der Waals surface area contributed by atoms with Crippen molar-refractivity contribution < 1.29 is 0 Å². The van der Waals surface area contributed by atoms with Gasteiger partial charge in [-0.25, -0.2) is 0 Å². The summed E-state index contributed by atoms with van der Waals surface area (Å²) in [4.78, 5) is 2.49. The molecule has 0 unspecified atom stereocenters. The summed E-state index contributed by atoms with van der Waals surface area (Å²) >= 11 is 0. The van der Waals surface area contributed by atoms with E-state index in [1.807, 2.05) is 0 Å². The first-order valence-corrected chi connectivity index (χ1v) is 5.66. The van der Waals surface area contributed by atoms with E-state index in [4.69, 9.17) is 0 Å². The Bertz CT molecular complexity index is 185. The molecule has 2 nitrogen and oxygen atoms in total. The first kappa shape index (κ1) is 11.6. The smallest absolute Gasteiger partial charge is 0.0375 e. The largest absolute Gasteiger partial charge is 0.383 e. The van der Waals surface area contributed by atoms with Gasteiger partial charge in [0.1, 0.15) is 0 Å². The van der Waals surface area contributed by atoms with E-state index < -0.39 is 0 Å². The van der Waals surface area contributed by atoms with E-state index in [0.29, 0.717) is 0 Å². The summed E-state index contributed by atoms with van der Waals surface area (Å²) in [5, 5.41) is 3.43. The Morgan fingerprint density at radius 2 is 1.79 bits per heavy atom. The third kappa shape index (κ3) is 4.66. The van der Waals surface area contributed by atoms with Gasteiger partial charge in [-0.15, -0.1) is 0 Å². The van der Waals surface area contributed by atoms with Crippen LogP contribution in [0.3, 0.4) is 0 Å². The molecule has 0 saturated carbocycles. The van der Waals surface area contributed by atoms with Gasteiger partial charge in [0.25, 0.3) is 0 Å². The van der Waals surface area contributed by atoms with Crippen molar-refractivity contribution in [1.82, 2.24) is 10.2 Å². The van der Waals surface area contributed by atoms with Crippen LogP contribution in [0, 0.1) is 0 Å². The van der Waals surface area contributed by atoms with Gasteiger partial charge < -0.3 is 5.32 Å². The normalized spacial score (nSPS) is 19.4. The highest BCUT2D eigenvalue weighted by Gasteiger charge is 2.14. The summed E-state index contributed by atoms with van der Waals surface area (Å²) in [5.41, 5.74) is 1.30. The maximum atomic E-state index is 4.08. The molecule has 0 amide bonds. The lowest BCUT2D eigenvalue weighted by molar-refractivity contribution is 0.239. The van der Waals surface area contributed by atoms with E-state index in [9.17, 15) is 0 Å². The second-order valence-corrected chi connectivity index (χ2v) is 5.32. The molecule has 1 rings (SSSR count). The van der Waals surface area contributed by atoms with Gasteiger partial charge in [-0.05, 0) is 46.7 Å². The van der Waals surface area contributed by atoms with Crippen LogP contribution in [0.25, 0.3) is 0 Å². The van der Waals surface area contributed by atoms with Gasteiger partial charge in [0.2, 0.25) is 0 Å². The predicted octanol–water partition coefficient (Wildman–Crippen LogP) is 2.37. The van der Waals surface area contributed by atoms with Crippen LogP contribution in [-0.4, -0.2) is 30.1 Å². The molecular formula is C12H24N2. The van der Waals surface area contributed by atoms with E-state index >= 15 is 0 Å². The molecular weight excluding hydrogens is 172 g/mol. The Labute approximate surface area is 88.4 Å². The lowest BCUT2D eigenvalue weighted by Gasteiger charge is -2.30. The van der Waals surface area contributed by atoms with Crippen molar-refractivity contribution in [3.8, 4) is 0 Å². The van der Waals surface area contributed by atoms with Crippen LogP contribution in [0.5, 0.6) is 0 Å². The fourth-order valence-corrected chi connectivity index (χ4v) is 1.96. The minimum Gasteiger partial charge on any atom is -0.383 e. The van der Waals surface area contributed by atoms with Gasteiger partial charge in [-0.2, -0.15) is 0 Å². The average molecular weight is 196 g/mol. The number of likely N-dealkylation sites (tertiary alicyclic amines) is 1. The summed E-state index contributed by atoms with van der Waals surface area (Å²) < 4.78 is 0. The quantitative estimate of drug-likeness (QED) is 0.745. The standard InChI is InChI=1S/C12H24N2/c1-11(13-12(2,3)4)10-14-8-6-5-7-9-14/h13H,1,5-10H2,2-4H3. The van der Waals surface area contributed by atoms with E-state index in [0.717, 1.165) is 12.2 Å². The predicted molar refractivity (Wildman–Crippen MR) is 62.3 cm³/mol. The van der Waals surface area contributed by atoms with E-state index in [1.54, 1.807) is 0 Å². The van der Waals surface area contributed by atoms with Crippen molar-refractivity contribution in [2.24, 2.45) is 0 Å². The van der Waals surface area contributed by atoms with Crippen LogP contribution >= 0.6 is 0 Å². The topological polar surface area (TPSA) is 15.3 Å². The molecule has 0 bridgehead atoms. The Morgan fingerprint density at radius 3 is 2.29 bits per heavy atom. The highest BCUT2D eigenvalue weighted by atomic mass is 15.1. The Hall–Kier alpha value is -0.500. The number of rotatable bonds is 3. The van der Waals surface area contributed by atoms with Crippen LogP contribution in [-0.2, 0) is 0 Å². The van der Waals surface area contributed by atoms with Crippen LogP contribution in [0.4, 0.5) is 0 Å². The third-order valence-electron chi connectivity index (χ3n) is 2.41. The minimum atomic E-state index is 0.146. The zero-order valence-electron chi connectivity index (χ0n) is 9.90. The monoisotopic (exact) mass is 196 g/mol. The zero-order valence-corrected chi connectivity index (χ0v) is 9.90. The SMILES string of the molecule is C=C(CN1CCCCC1)NC(C)(C)C. The number of piperidine rings is 1. The molecule has 1 saturated heterocycles. The van der Waals surface area contributed by atoms with Crippen molar-refractivity contribution in [2.45, 2.75) is 45.6 Å². The van der Waals surface area contributed by atoms with E-state index in [-0.39, 0.29) is 5.54 Å². The molecule has 2 heteroatoms. The van der Waals surface area contributed by atoms with Gasteiger partial charge in [-0.1, -0.05) is 13.0 Å². The van der Waals surface area contributed by atoms with Crippen molar-refractivity contribution in [3.05, 3.63) is 12.3 Å². The number of nitrogens with one attached hydrogen (secondary N) is 1. The lowest BCUT2D eigenvalue weighted by Crippen LogP contribution is -2.40. The lowest BCUT2D eigenvalue weighted by atomic mass is 10.1. The fraction of sp³-hybridized carbons (Fsp3) is 0.833. The van der Waals surface area contributed by atoms with Crippen LogP contribution in [0.15, 0.2) is 12.3 Å². The van der Waals surface area contributed by atoms with Gasteiger partial charge in [0.05, 0.1) is 0 Å². The summed E-state index contributed by atoms with van der Waals surface area (Å²) in [5.74, 6) is 0. The first-order valence-electron chi connectivity index (χ1n) is 5.66. The molecule has 0 aliphatic carbocycles. The van der Waals surface area contributed by atoms with E-state index in [1.165, 1.54) is 32.4 Å². The summed E-state index contributed by atoms with van der Waals surface area (Å²) in [6.45, 7) is 14.1. The van der Waals surface area contributed by atoms with Crippen molar-refractivity contribution in [2.75, 3.05) is 19.6 Å². The molecule has 1 aliphatic rings. The third-order valence-corrected chi connectivity index (χ3v) is 2.41. The maximum Gasteiger partial charge on any atom is 0.0375 e. The molecule has 0 radical (unpaired) electrons.